The van der Waals surface area contributed by atoms with Crippen LogP contribution in [0.4, 0.5) is 0 Å². The number of para-hydroxylation sites is 1. The Kier molecular flexibility index (Phi) is 4.69. The van der Waals surface area contributed by atoms with Crippen LogP contribution in [-0.4, -0.2) is 4.57 Å². The van der Waals surface area contributed by atoms with Gasteiger partial charge >= 0.3 is 0 Å². The number of aryl methyl sites for hydroxylation is 2. The van der Waals surface area contributed by atoms with Crippen LogP contribution in [0.15, 0.2) is 60.7 Å². The Balaban J connectivity index is 2.00. The molecule has 0 amide bonds. The number of hydrogen-bond acceptors (Lipinski definition) is 1. The highest BCUT2D eigenvalue weighted by Crippen LogP contribution is 2.34. The van der Waals surface area contributed by atoms with E-state index in [1.54, 1.807) is 0 Å². The van der Waals surface area contributed by atoms with Crippen LogP contribution in [0.3, 0.4) is 0 Å². The molecule has 2 aromatic heterocycles. The third-order valence-corrected chi connectivity index (χ3v) is 6.56. The molecule has 0 unspecified atom stereocenters. The summed E-state index contributed by atoms with van der Waals surface area (Å²) in [6, 6.07) is 20.0. The van der Waals surface area contributed by atoms with E-state index in [2.05, 4.69) is 99.0 Å². The summed E-state index contributed by atoms with van der Waals surface area (Å²) >= 11 is 1.88. The smallest absolute Gasteiger partial charge is 0.0537 e. The maximum atomic E-state index is 2.42. The summed E-state index contributed by atoms with van der Waals surface area (Å²) in [4.78, 5) is 2.71. The van der Waals surface area contributed by atoms with Crippen LogP contribution in [-0.2, 0) is 11.8 Å². The number of rotatable bonds is 1. The number of hydrogen-bond donors (Lipinski definition) is 0. The second kappa shape index (κ2) is 7.01. The van der Waals surface area contributed by atoms with Crippen LogP contribution in [0.1, 0.15) is 48.2 Å². The fraction of sp³-hybridized carbons (Fsp3) is 0.280. The minimum Gasteiger partial charge on any atom is -0.310 e. The Hall–Kier alpha value is -2.32. The van der Waals surface area contributed by atoms with Gasteiger partial charge in [-0.1, -0.05) is 51.1 Å². The molecule has 1 aliphatic rings. The molecule has 0 fully saturated rings. The van der Waals surface area contributed by atoms with Gasteiger partial charge in [-0.25, -0.2) is 0 Å². The predicted molar refractivity (Wildman–Crippen MR) is 120 cm³/mol. The lowest BCUT2D eigenvalue weighted by Crippen LogP contribution is -2.08. The Labute approximate surface area is 166 Å². The Morgan fingerprint density at radius 2 is 1.74 bits per heavy atom. The summed E-state index contributed by atoms with van der Waals surface area (Å²) in [5.41, 5.74) is 5.46. The van der Waals surface area contributed by atoms with Gasteiger partial charge in [0.05, 0.1) is 5.52 Å². The van der Waals surface area contributed by atoms with Crippen LogP contribution in [0.2, 0.25) is 0 Å². The number of aromatic nitrogens is 1. The Morgan fingerprint density at radius 1 is 0.926 bits per heavy atom. The quantitative estimate of drug-likeness (QED) is 0.419. The number of allylic oxidation sites excluding steroid dienone is 1. The van der Waals surface area contributed by atoms with Gasteiger partial charge in [-0.3, -0.25) is 0 Å². The molecule has 0 bridgehead atoms. The molecule has 4 rings (SSSR count). The minimum absolute atomic E-state index is 0.149. The van der Waals surface area contributed by atoms with E-state index in [9.17, 15) is 0 Å². The highest BCUT2D eigenvalue weighted by Gasteiger charge is 2.18. The number of fused-ring (bicyclic) bond motifs is 3. The van der Waals surface area contributed by atoms with Crippen molar-refractivity contribution in [3.8, 4) is 5.69 Å². The average molecular weight is 374 g/mol. The van der Waals surface area contributed by atoms with Crippen LogP contribution < -0.4 is 0 Å². The van der Waals surface area contributed by atoms with Crippen LogP contribution >= 0.6 is 11.3 Å². The topological polar surface area (TPSA) is 4.93 Å². The van der Waals surface area contributed by atoms with Crippen LogP contribution in [0.25, 0.3) is 22.7 Å². The van der Waals surface area contributed by atoms with Gasteiger partial charge in [-0.05, 0) is 67.2 Å². The van der Waals surface area contributed by atoms with E-state index in [4.69, 9.17) is 0 Å². The molecule has 3 aromatic rings. The highest BCUT2D eigenvalue weighted by atomic mass is 32.1. The zero-order valence-corrected chi connectivity index (χ0v) is 17.4. The molecule has 2 heterocycles. The van der Waals surface area contributed by atoms with Crippen molar-refractivity contribution in [1.29, 1.82) is 0 Å². The van der Waals surface area contributed by atoms with E-state index in [1.807, 2.05) is 11.3 Å². The SMILES string of the molecule is Cc1ccc(-n2c3c(c4ccccc42)CCC=C3)cccc(C(C)(C)C)s1. The lowest BCUT2D eigenvalue weighted by atomic mass is 9.95. The van der Waals surface area contributed by atoms with Crippen LogP contribution in [0.5, 0.6) is 0 Å². The molecular formula is C25H27NS. The Bertz CT molecular complexity index is 1070. The molecule has 0 saturated carbocycles. The summed E-state index contributed by atoms with van der Waals surface area (Å²) in [5, 5.41) is 1.38. The van der Waals surface area contributed by atoms with Crippen molar-refractivity contribution in [2.75, 3.05) is 0 Å². The van der Waals surface area contributed by atoms with Crippen molar-refractivity contribution in [2.24, 2.45) is 0 Å². The van der Waals surface area contributed by atoms with Crippen molar-refractivity contribution in [1.82, 2.24) is 4.57 Å². The van der Waals surface area contributed by atoms with Gasteiger partial charge in [0.25, 0.3) is 0 Å². The monoisotopic (exact) mass is 373 g/mol. The molecule has 1 aromatic carbocycles. The van der Waals surface area contributed by atoms with Gasteiger partial charge in [0.1, 0.15) is 0 Å². The van der Waals surface area contributed by atoms with E-state index in [-0.39, 0.29) is 5.41 Å². The molecule has 0 N–H and O–H groups in total. The first-order valence-corrected chi connectivity index (χ1v) is 10.5. The second-order valence-electron chi connectivity index (χ2n) is 8.27. The molecular weight excluding hydrogens is 346 g/mol. The fourth-order valence-corrected chi connectivity index (χ4v) is 4.69. The first-order chi connectivity index (χ1) is 12.9. The molecule has 0 saturated heterocycles. The van der Waals surface area contributed by atoms with E-state index in [1.165, 1.54) is 37.6 Å². The maximum absolute atomic E-state index is 2.42. The molecule has 27 heavy (non-hydrogen) atoms. The van der Waals surface area contributed by atoms with Gasteiger partial charge in [-0.2, -0.15) is 0 Å². The van der Waals surface area contributed by atoms with Gasteiger partial charge in [0, 0.05) is 26.5 Å². The van der Waals surface area contributed by atoms with E-state index >= 15 is 0 Å². The Morgan fingerprint density at radius 3 is 2.56 bits per heavy atom. The van der Waals surface area contributed by atoms with E-state index in [0.29, 0.717) is 0 Å². The molecule has 1 aliphatic carbocycles. The van der Waals surface area contributed by atoms with Gasteiger partial charge in [0.2, 0.25) is 0 Å². The molecule has 0 spiro atoms. The standard InChI is InChI=1S/C25H27NS/c1-18-16-17-19(10-9-15-24(27-18)25(2,3)4)26-22-13-7-5-11-20(22)21-12-6-8-14-23(21)26/h5,7-11,13-17H,6,12H2,1-4H3. The summed E-state index contributed by atoms with van der Waals surface area (Å²) < 4.78 is 2.42. The summed E-state index contributed by atoms with van der Waals surface area (Å²) in [6.07, 6.45) is 6.84. The molecule has 0 aliphatic heterocycles. The van der Waals surface area contributed by atoms with Gasteiger partial charge < -0.3 is 4.57 Å². The predicted octanol–water partition coefficient (Wildman–Crippen LogP) is 7.38. The zero-order chi connectivity index (χ0) is 19.0. The first-order valence-electron chi connectivity index (χ1n) is 9.69. The lowest BCUT2D eigenvalue weighted by Gasteiger charge is -2.16. The first kappa shape index (κ1) is 18.1. The van der Waals surface area contributed by atoms with Crippen molar-refractivity contribution >= 4 is 28.3 Å². The summed E-state index contributed by atoms with van der Waals surface area (Å²) in [5.74, 6) is 0. The lowest BCUT2D eigenvalue weighted by molar-refractivity contribution is 0.603. The second-order valence-corrected chi connectivity index (χ2v) is 9.56. The van der Waals surface area contributed by atoms with Gasteiger partial charge in [0.15, 0.2) is 0 Å². The minimum atomic E-state index is 0.149. The number of nitrogens with zero attached hydrogens (tertiary/aromatic N) is 1. The normalized spacial score (nSPS) is 13.5. The van der Waals surface area contributed by atoms with E-state index in [0.717, 1.165) is 12.8 Å². The maximum Gasteiger partial charge on any atom is 0.0537 e. The molecule has 1 nitrogen and oxygen atoms in total. The number of benzene rings is 1. The van der Waals surface area contributed by atoms with Crippen molar-refractivity contribution < 1.29 is 0 Å². The molecule has 0 atom stereocenters. The molecule has 0 radical (unpaired) electrons. The third kappa shape index (κ3) is 3.46. The summed E-state index contributed by atoms with van der Waals surface area (Å²) in [6.45, 7) is 9.03. The largest absolute Gasteiger partial charge is 0.310 e. The van der Waals surface area contributed by atoms with Gasteiger partial charge in [-0.15, -0.1) is 11.3 Å². The highest BCUT2D eigenvalue weighted by molar-refractivity contribution is 7.11. The fourth-order valence-electron chi connectivity index (χ4n) is 3.75. The van der Waals surface area contributed by atoms with Crippen LogP contribution in [0, 0.1) is 6.92 Å². The van der Waals surface area contributed by atoms with Crippen molar-refractivity contribution in [3.05, 3.63) is 81.7 Å². The summed E-state index contributed by atoms with van der Waals surface area (Å²) in [7, 11) is 0. The molecule has 2 heteroatoms. The van der Waals surface area contributed by atoms with Crippen molar-refractivity contribution in [2.45, 2.75) is 46.0 Å². The third-order valence-electron chi connectivity index (χ3n) is 5.13. The average Bonchev–Trinajstić information content (AvgIpc) is 3.01. The van der Waals surface area contributed by atoms with E-state index < -0.39 is 0 Å². The van der Waals surface area contributed by atoms with Crippen molar-refractivity contribution in [3.63, 3.8) is 0 Å². The molecule has 138 valence electrons. The zero-order valence-electron chi connectivity index (χ0n) is 16.6.